The fourth-order valence-electron chi connectivity index (χ4n) is 8.46. The number of methoxy groups -OCH3 is 1. The molecule has 344 valence electrons. The number of amides is 4. The number of nitrogens with one attached hydrogen (secondary N) is 3. The SMILES string of the molecule is COc1cccc(F)c1-c1ncc2[nH]nc(-c3ccc(N4CCN(C(=O)CCC(=O)N[C@H](C(=O)N5C[C@H](O)C[C@H]5C(=O)NCc5ccc(-c6scnc6C)cc5)C(C)(C)C)CC4)cc3)c2n1. The van der Waals surface area contributed by atoms with Crippen molar-refractivity contribution in [3.8, 4) is 38.8 Å². The van der Waals surface area contributed by atoms with Gasteiger partial charge in [0.2, 0.25) is 23.6 Å². The van der Waals surface area contributed by atoms with Gasteiger partial charge in [0.05, 0.1) is 41.1 Å². The Labute approximate surface area is 385 Å². The van der Waals surface area contributed by atoms with Crippen LogP contribution in [0.2, 0.25) is 0 Å². The van der Waals surface area contributed by atoms with Crippen molar-refractivity contribution in [2.45, 2.75) is 71.7 Å². The molecule has 8 rings (SSSR count). The number of thiazole rings is 1. The van der Waals surface area contributed by atoms with Gasteiger partial charge in [0.1, 0.15) is 40.4 Å². The summed E-state index contributed by atoms with van der Waals surface area (Å²) < 4.78 is 20.2. The largest absolute Gasteiger partial charge is 0.496 e. The van der Waals surface area contributed by atoms with Gasteiger partial charge in [-0.05, 0) is 47.7 Å². The van der Waals surface area contributed by atoms with E-state index in [1.807, 2.05) is 76.2 Å². The maximum atomic E-state index is 14.8. The van der Waals surface area contributed by atoms with Crippen molar-refractivity contribution in [2.24, 2.45) is 5.41 Å². The molecule has 4 amide bonds. The van der Waals surface area contributed by atoms with Gasteiger partial charge in [-0.3, -0.25) is 24.3 Å². The lowest BCUT2D eigenvalue weighted by molar-refractivity contribution is -0.144. The number of β-amino-alcohol motifs (C(OH)–C–C–N with tert-alkyl or cyclic N) is 1. The van der Waals surface area contributed by atoms with Crippen LogP contribution in [0.25, 0.3) is 44.1 Å². The van der Waals surface area contributed by atoms with Crippen LogP contribution in [-0.2, 0) is 25.7 Å². The van der Waals surface area contributed by atoms with Gasteiger partial charge in [-0.2, -0.15) is 5.10 Å². The summed E-state index contributed by atoms with van der Waals surface area (Å²) in [4.78, 5) is 74.0. The number of aromatic nitrogens is 5. The fourth-order valence-corrected chi connectivity index (χ4v) is 9.27. The van der Waals surface area contributed by atoms with Crippen molar-refractivity contribution in [3.63, 3.8) is 0 Å². The molecule has 4 N–H and O–H groups in total. The average Bonchev–Trinajstić information content (AvgIpc) is 4.06. The number of likely N-dealkylation sites (tertiary alicyclic amines) is 1. The number of benzene rings is 3. The standard InChI is InChI=1S/C48H53FN10O6S/c1-28-43(66-27-52-28)31-11-9-29(10-12-31)24-51-46(63)36-23-33(60)26-59(36)47(64)44(48(2,3)4)53-38(61)17-18-39(62)58-21-19-57(20-22-58)32-15-13-30(14-16-32)41-42-35(55-56-41)25-50-45(54-42)40-34(49)7-6-8-37(40)65-5/h6-16,25,27,33,36,44,60H,17-24,26H2,1-5H3,(H,51,63)(H,53,61)(H,55,56)/t33-,36+,44-/m1/s1. The van der Waals surface area contributed by atoms with Crippen molar-refractivity contribution in [3.05, 3.63) is 95.5 Å². The Kier molecular flexibility index (Phi) is 13.4. The predicted molar refractivity (Wildman–Crippen MR) is 249 cm³/mol. The number of ether oxygens (including phenoxy) is 1. The van der Waals surface area contributed by atoms with Crippen LogP contribution < -0.4 is 20.3 Å². The highest BCUT2D eigenvalue weighted by molar-refractivity contribution is 7.13. The molecule has 5 heterocycles. The molecule has 18 heteroatoms. The number of carbonyl (C=O) groups excluding carboxylic acids is 4. The number of H-pyrrole nitrogens is 1. The highest BCUT2D eigenvalue weighted by Crippen LogP contribution is 2.34. The first-order chi connectivity index (χ1) is 31.7. The van der Waals surface area contributed by atoms with Crippen LogP contribution in [-0.4, -0.2) is 122 Å². The number of hydrogen-bond acceptors (Lipinski definition) is 12. The number of fused-ring (bicyclic) bond motifs is 1. The van der Waals surface area contributed by atoms with Crippen LogP contribution in [0.4, 0.5) is 10.1 Å². The van der Waals surface area contributed by atoms with E-state index in [0.29, 0.717) is 48.7 Å². The van der Waals surface area contributed by atoms with Crippen molar-refractivity contribution < 1.29 is 33.4 Å². The summed E-state index contributed by atoms with van der Waals surface area (Å²) >= 11 is 1.57. The van der Waals surface area contributed by atoms with E-state index in [1.54, 1.807) is 40.1 Å². The number of hydrogen-bond donors (Lipinski definition) is 4. The molecule has 2 aliphatic heterocycles. The first-order valence-electron chi connectivity index (χ1n) is 21.9. The summed E-state index contributed by atoms with van der Waals surface area (Å²) in [5, 5.41) is 23.8. The first-order valence-corrected chi connectivity index (χ1v) is 22.8. The highest BCUT2D eigenvalue weighted by Gasteiger charge is 2.44. The van der Waals surface area contributed by atoms with Gasteiger partial charge in [-0.15, -0.1) is 11.3 Å². The second kappa shape index (κ2) is 19.4. The second-order valence-corrected chi connectivity index (χ2v) is 18.6. The molecule has 0 spiro atoms. The van der Waals surface area contributed by atoms with E-state index < -0.39 is 41.2 Å². The van der Waals surface area contributed by atoms with Crippen LogP contribution in [0.1, 0.15) is 51.3 Å². The summed E-state index contributed by atoms with van der Waals surface area (Å²) in [6.45, 7) is 9.73. The molecule has 6 aromatic rings. The van der Waals surface area contributed by atoms with Crippen LogP contribution in [0.3, 0.4) is 0 Å². The van der Waals surface area contributed by atoms with Gasteiger partial charge in [0, 0.05) is 69.8 Å². The van der Waals surface area contributed by atoms with Crippen LogP contribution in [0.15, 0.2) is 78.4 Å². The molecule has 2 fully saturated rings. The molecule has 66 heavy (non-hydrogen) atoms. The van der Waals surface area contributed by atoms with E-state index in [9.17, 15) is 28.7 Å². The van der Waals surface area contributed by atoms with E-state index in [2.05, 4.69) is 40.7 Å². The van der Waals surface area contributed by atoms with Gasteiger partial charge >= 0.3 is 0 Å². The van der Waals surface area contributed by atoms with Gasteiger partial charge in [-0.25, -0.2) is 19.3 Å². The van der Waals surface area contributed by atoms with Gasteiger partial charge < -0.3 is 35.2 Å². The third-order valence-corrected chi connectivity index (χ3v) is 13.1. The monoisotopic (exact) mass is 916 g/mol. The molecule has 0 aliphatic carbocycles. The van der Waals surface area contributed by atoms with E-state index in [1.165, 1.54) is 18.1 Å². The first kappa shape index (κ1) is 45.8. The summed E-state index contributed by atoms with van der Waals surface area (Å²) in [6.07, 6.45) is 0.605. The summed E-state index contributed by atoms with van der Waals surface area (Å²) in [7, 11) is 1.47. The predicted octanol–water partition coefficient (Wildman–Crippen LogP) is 5.50. The smallest absolute Gasteiger partial charge is 0.246 e. The Morgan fingerprint density at radius 1 is 0.970 bits per heavy atom. The Morgan fingerprint density at radius 3 is 2.38 bits per heavy atom. The Hall–Kier alpha value is -6.79. The van der Waals surface area contributed by atoms with Crippen LogP contribution in [0.5, 0.6) is 5.75 Å². The molecule has 2 aliphatic rings. The molecule has 3 aromatic heterocycles. The van der Waals surface area contributed by atoms with E-state index in [-0.39, 0.29) is 55.6 Å². The topological polar surface area (TPSA) is 199 Å². The Bertz CT molecular complexity index is 2730. The fraction of sp³-hybridized carbons (Fsp3) is 0.375. The maximum Gasteiger partial charge on any atom is 0.246 e. The number of aliphatic hydroxyl groups is 1. The lowest BCUT2D eigenvalue weighted by Gasteiger charge is -2.36. The normalized spacial score (nSPS) is 16.9. The van der Waals surface area contributed by atoms with Gasteiger partial charge in [0.25, 0.3) is 0 Å². The van der Waals surface area contributed by atoms with Crippen molar-refractivity contribution >= 4 is 51.7 Å². The summed E-state index contributed by atoms with van der Waals surface area (Å²) in [6, 6.07) is 18.3. The number of aryl methyl sites for hydroxylation is 1. The third-order valence-electron chi connectivity index (χ3n) is 12.1. The molecule has 3 atom stereocenters. The lowest BCUT2D eigenvalue weighted by Crippen LogP contribution is -2.57. The Balaban J connectivity index is 0.823. The second-order valence-electron chi connectivity index (χ2n) is 17.7. The molecule has 2 saturated heterocycles. The summed E-state index contributed by atoms with van der Waals surface area (Å²) in [5.74, 6) is -1.45. The number of aliphatic hydroxyl groups excluding tert-OH is 1. The van der Waals surface area contributed by atoms with E-state index in [4.69, 9.17) is 4.74 Å². The number of aromatic amines is 1. The zero-order valence-electron chi connectivity index (χ0n) is 37.5. The van der Waals surface area contributed by atoms with Gasteiger partial charge in [-0.1, -0.05) is 63.2 Å². The average molecular weight is 917 g/mol. The molecule has 16 nitrogen and oxygen atoms in total. The molecule has 0 bridgehead atoms. The van der Waals surface area contributed by atoms with Crippen molar-refractivity contribution in [1.29, 1.82) is 0 Å². The molecular weight excluding hydrogens is 864 g/mol. The lowest BCUT2D eigenvalue weighted by atomic mass is 9.85. The molecule has 3 aromatic carbocycles. The number of nitrogens with zero attached hydrogens (tertiary/aromatic N) is 7. The molecule has 0 radical (unpaired) electrons. The highest BCUT2D eigenvalue weighted by atomic mass is 32.1. The van der Waals surface area contributed by atoms with Crippen molar-refractivity contribution in [2.75, 3.05) is 44.7 Å². The Morgan fingerprint density at radius 2 is 1.70 bits per heavy atom. The molecular formula is C48H53FN10O6S. The minimum atomic E-state index is -1.00. The zero-order valence-corrected chi connectivity index (χ0v) is 38.3. The third kappa shape index (κ3) is 9.89. The van der Waals surface area contributed by atoms with E-state index in [0.717, 1.165) is 32.9 Å². The minimum absolute atomic E-state index is 0.0313. The number of anilines is 1. The van der Waals surface area contributed by atoms with Crippen LogP contribution >= 0.6 is 11.3 Å². The number of halogens is 1. The number of rotatable bonds is 13. The maximum absolute atomic E-state index is 14.8. The zero-order chi connectivity index (χ0) is 46.7. The number of carbonyl (C=O) groups is 4. The van der Waals surface area contributed by atoms with Gasteiger partial charge in [0.15, 0.2) is 5.82 Å². The van der Waals surface area contributed by atoms with Crippen LogP contribution in [0, 0.1) is 18.2 Å². The minimum Gasteiger partial charge on any atom is -0.496 e. The molecule has 0 unspecified atom stereocenters. The van der Waals surface area contributed by atoms with E-state index >= 15 is 0 Å². The quantitative estimate of drug-likeness (QED) is 0.114. The number of piperazine rings is 1. The van der Waals surface area contributed by atoms with Crippen molar-refractivity contribution in [1.82, 2.24) is 45.6 Å². The molecule has 0 saturated carbocycles. The summed E-state index contributed by atoms with van der Waals surface area (Å²) in [5.41, 5.74) is 7.61.